The van der Waals surface area contributed by atoms with Crippen molar-refractivity contribution < 1.29 is 18.7 Å². The first-order valence-corrected chi connectivity index (χ1v) is 11.3. The van der Waals surface area contributed by atoms with Gasteiger partial charge in [0.25, 0.3) is 11.8 Å². The minimum absolute atomic E-state index is 0.0713. The van der Waals surface area contributed by atoms with Crippen LogP contribution in [0.25, 0.3) is 22.4 Å². The zero-order valence-electron chi connectivity index (χ0n) is 18.9. The smallest absolute Gasteiger partial charge is 0.257 e. The van der Waals surface area contributed by atoms with Crippen LogP contribution in [0.2, 0.25) is 0 Å². The molecular formula is C27H25N3O4. The van der Waals surface area contributed by atoms with Crippen molar-refractivity contribution in [2.45, 2.75) is 6.42 Å². The van der Waals surface area contributed by atoms with E-state index in [1.807, 2.05) is 47.4 Å². The standard InChI is InChI=1S/C27H25N3O4/c1-33-24-11-5-3-9-20(24)26(31)29-13-7-14-30(16-15-29)27(32)21-18-23(25-12-6-17-34-25)28-22-10-4-2-8-19(21)22/h2-6,8-12,17-18H,7,13-16H2,1H3. The summed E-state index contributed by atoms with van der Waals surface area (Å²) < 4.78 is 10.9. The maximum Gasteiger partial charge on any atom is 0.257 e. The molecule has 4 aromatic rings. The first kappa shape index (κ1) is 21.7. The lowest BCUT2D eigenvalue weighted by molar-refractivity contribution is 0.0718. The molecular weight excluding hydrogens is 430 g/mol. The molecule has 7 nitrogen and oxygen atoms in total. The number of carbonyl (C=O) groups is 2. The Balaban J connectivity index is 1.40. The summed E-state index contributed by atoms with van der Waals surface area (Å²) in [6, 6.07) is 20.3. The number of hydrogen-bond acceptors (Lipinski definition) is 5. The van der Waals surface area contributed by atoms with Crippen molar-refractivity contribution in [3.8, 4) is 17.2 Å². The first-order chi connectivity index (χ1) is 16.7. The van der Waals surface area contributed by atoms with Crippen LogP contribution in [-0.4, -0.2) is 59.9 Å². The second-order valence-electron chi connectivity index (χ2n) is 8.19. The number of furan rings is 1. The van der Waals surface area contributed by atoms with Gasteiger partial charge in [0.1, 0.15) is 11.4 Å². The number of pyridine rings is 1. The molecule has 0 radical (unpaired) electrons. The summed E-state index contributed by atoms with van der Waals surface area (Å²) in [5.41, 5.74) is 2.48. The van der Waals surface area contributed by atoms with Gasteiger partial charge in [-0.25, -0.2) is 4.98 Å². The van der Waals surface area contributed by atoms with Gasteiger partial charge in [-0.3, -0.25) is 9.59 Å². The Bertz CT molecular complexity index is 1330. The molecule has 1 aliphatic heterocycles. The van der Waals surface area contributed by atoms with E-state index in [1.54, 1.807) is 42.5 Å². The van der Waals surface area contributed by atoms with Crippen LogP contribution in [0.4, 0.5) is 0 Å². The molecule has 172 valence electrons. The predicted octanol–water partition coefficient (Wildman–Crippen LogP) is 4.49. The summed E-state index contributed by atoms with van der Waals surface area (Å²) in [7, 11) is 1.56. The monoisotopic (exact) mass is 455 g/mol. The average Bonchev–Trinajstić information content (AvgIpc) is 3.32. The first-order valence-electron chi connectivity index (χ1n) is 11.3. The lowest BCUT2D eigenvalue weighted by Gasteiger charge is -2.23. The number of methoxy groups -OCH3 is 1. The molecule has 7 heteroatoms. The number of benzene rings is 2. The van der Waals surface area contributed by atoms with Gasteiger partial charge in [-0.2, -0.15) is 0 Å². The van der Waals surface area contributed by atoms with E-state index in [-0.39, 0.29) is 11.8 Å². The number of hydrogen-bond donors (Lipinski definition) is 0. The summed E-state index contributed by atoms with van der Waals surface area (Å²) in [6.45, 7) is 2.06. The zero-order valence-corrected chi connectivity index (χ0v) is 18.9. The van der Waals surface area contributed by atoms with Crippen LogP contribution in [0.15, 0.2) is 77.4 Å². The number of amides is 2. The van der Waals surface area contributed by atoms with Crippen LogP contribution in [0, 0.1) is 0 Å². The highest BCUT2D eigenvalue weighted by Crippen LogP contribution is 2.27. The van der Waals surface area contributed by atoms with Crippen molar-refractivity contribution in [1.29, 1.82) is 0 Å². The lowest BCUT2D eigenvalue weighted by Crippen LogP contribution is -2.37. The molecule has 1 aliphatic rings. The van der Waals surface area contributed by atoms with Gasteiger partial charge in [-0.05, 0) is 42.8 Å². The molecule has 0 atom stereocenters. The number of para-hydroxylation sites is 2. The molecule has 0 saturated carbocycles. The van der Waals surface area contributed by atoms with Crippen LogP contribution in [0.3, 0.4) is 0 Å². The highest BCUT2D eigenvalue weighted by atomic mass is 16.5. The van der Waals surface area contributed by atoms with Crippen LogP contribution >= 0.6 is 0 Å². The zero-order chi connectivity index (χ0) is 23.5. The summed E-state index contributed by atoms with van der Waals surface area (Å²) in [4.78, 5) is 35.1. The molecule has 1 fully saturated rings. The van der Waals surface area contributed by atoms with Gasteiger partial charge < -0.3 is 19.0 Å². The molecule has 2 aromatic carbocycles. The van der Waals surface area contributed by atoms with Crippen LogP contribution in [0.1, 0.15) is 27.1 Å². The van der Waals surface area contributed by atoms with Crippen molar-refractivity contribution in [1.82, 2.24) is 14.8 Å². The highest BCUT2D eigenvalue weighted by molar-refractivity contribution is 6.07. The summed E-state index contributed by atoms with van der Waals surface area (Å²) in [6.07, 6.45) is 2.29. The summed E-state index contributed by atoms with van der Waals surface area (Å²) >= 11 is 0. The Morgan fingerprint density at radius 2 is 1.56 bits per heavy atom. The molecule has 2 aromatic heterocycles. The number of ether oxygens (including phenoxy) is 1. The maximum atomic E-state index is 13.7. The van der Waals surface area contributed by atoms with Crippen molar-refractivity contribution in [3.63, 3.8) is 0 Å². The molecule has 34 heavy (non-hydrogen) atoms. The van der Waals surface area contributed by atoms with Crippen LogP contribution in [-0.2, 0) is 0 Å². The molecule has 1 saturated heterocycles. The topological polar surface area (TPSA) is 75.9 Å². The number of carbonyl (C=O) groups excluding carboxylic acids is 2. The molecule has 0 unspecified atom stereocenters. The number of aromatic nitrogens is 1. The van der Waals surface area contributed by atoms with E-state index in [1.165, 1.54) is 0 Å². The SMILES string of the molecule is COc1ccccc1C(=O)N1CCCN(C(=O)c2cc(-c3ccco3)nc3ccccc23)CC1. The molecule has 0 N–H and O–H groups in total. The quantitative estimate of drug-likeness (QED) is 0.453. The third-order valence-corrected chi connectivity index (χ3v) is 6.13. The van der Waals surface area contributed by atoms with Gasteiger partial charge in [0, 0.05) is 31.6 Å². The van der Waals surface area contributed by atoms with Gasteiger partial charge in [0.05, 0.1) is 30.0 Å². The van der Waals surface area contributed by atoms with Gasteiger partial charge in [-0.15, -0.1) is 0 Å². The van der Waals surface area contributed by atoms with Crippen LogP contribution < -0.4 is 4.74 Å². The third kappa shape index (κ3) is 4.12. The Morgan fingerprint density at radius 1 is 0.853 bits per heavy atom. The minimum Gasteiger partial charge on any atom is -0.496 e. The molecule has 0 spiro atoms. The maximum absolute atomic E-state index is 13.7. The Hall–Kier alpha value is -4.13. The van der Waals surface area contributed by atoms with E-state index < -0.39 is 0 Å². The van der Waals surface area contributed by atoms with E-state index in [2.05, 4.69) is 4.98 Å². The van der Waals surface area contributed by atoms with E-state index in [4.69, 9.17) is 9.15 Å². The van der Waals surface area contributed by atoms with Crippen molar-refractivity contribution in [3.05, 3.63) is 84.1 Å². The Morgan fingerprint density at radius 3 is 2.29 bits per heavy atom. The lowest BCUT2D eigenvalue weighted by atomic mass is 10.1. The Labute approximate surface area is 197 Å². The van der Waals surface area contributed by atoms with Gasteiger partial charge in [0.15, 0.2) is 5.76 Å². The van der Waals surface area contributed by atoms with Gasteiger partial charge in [0.2, 0.25) is 0 Å². The summed E-state index contributed by atoms with van der Waals surface area (Å²) in [5, 5.41) is 0.800. The fourth-order valence-corrected chi connectivity index (χ4v) is 4.39. The van der Waals surface area contributed by atoms with Gasteiger partial charge in [-0.1, -0.05) is 30.3 Å². The van der Waals surface area contributed by atoms with Crippen molar-refractivity contribution >= 4 is 22.7 Å². The largest absolute Gasteiger partial charge is 0.496 e. The van der Waals surface area contributed by atoms with E-state index in [9.17, 15) is 9.59 Å². The van der Waals surface area contributed by atoms with E-state index >= 15 is 0 Å². The molecule has 0 aliphatic carbocycles. The van der Waals surface area contributed by atoms with Gasteiger partial charge >= 0.3 is 0 Å². The van der Waals surface area contributed by atoms with Crippen molar-refractivity contribution in [2.24, 2.45) is 0 Å². The Kier molecular flexibility index (Phi) is 5.99. The molecule has 2 amide bonds. The van der Waals surface area contributed by atoms with E-state index in [0.717, 1.165) is 10.9 Å². The third-order valence-electron chi connectivity index (χ3n) is 6.13. The molecule has 3 heterocycles. The minimum atomic E-state index is -0.0822. The fraction of sp³-hybridized carbons (Fsp3) is 0.222. The number of fused-ring (bicyclic) bond motifs is 1. The predicted molar refractivity (Wildman–Crippen MR) is 129 cm³/mol. The second-order valence-corrected chi connectivity index (χ2v) is 8.19. The highest BCUT2D eigenvalue weighted by Gasteiger charge is 2.26. The van der Waals surface area contributed by atoms with Crippen molar-refractivity contribution in [2.75, 3.05) is 33.3 Å². The number of rotatable bonds is 4. The molecule has 5 rings (SSSR count). The second kappa shape index (κ2) is 9.39. The molecule has 0 bridgehead atoms. The van der Waals surface area contributed by atoms with E-state index in [0.29, 0.717) is 60.9 Å². The average molecular weight is 456 g/mol. The fourth-order valence-electron chi connectivity index (χ4n) is 4.39. The van der Waals surface area contributed by atoms with Crippen LogP contribution in [0.5, 0.6) is 5.75 Å². The number of nitrogens with zero attached hydrogens (tertiary/aromatic N) is 3. The summed E-state index contributed by atoms with van der Waals surface area (Å²) in [5.74, 6) is 1.02. The normalized spacial score (nSPS) is 14.1.